The average molecular weight is 519 g/mol. The number of carbonyl (C=O) groups excluding carboxylic acids is 1. The molecule has 12 heteroatoms. The third-order valence-corrected chi connectivity index (χ3v) is 8.54. The highest BCUT2D eigenvalue weighted by atomic mass is 32.2. The topological polar surface area (TPSA) is 129 Å². The highest BCUT2D eigenvalue weighted by molar-refractivity contribution is 7.89. The summed E-state index contributed by atoms with van der Waals surface area (Å²) in [5.74, 6) is 0.413. The molecule has 3 fully saturated rings. The van der Waals surface area contributed by atoms with Crippen LogP contribution < -0.4 is 10.1 Å². The van der Waals surface area contributed by atoms with Gasteiger partial charge in [-0.25, -0.2) is 13.4 Å². The number of fused-ring (bicyclic) bond motifs is 1. The zero-order valence-electron chi connectivity index (χ0n) is 20.2. The van der Waals surface area contributed by atoms with Crippen LogP contribution in [0.3, 0.4) is 0 Å². The van der Waals surface area contributed by atoms with E-state index in [0.717, 1.165) is 5.56 Å². The predicted octanol–water partition coefficient (Wildman–Crippen LogP) is 1.53. The van der Waals surface area contributed by atoms with Gasteiger partial charge >= 0.3 is 5.97 Å². The van der Waals surface area contributed by atoms with Crippen molar-refractivity contribution in [3.63, 3.8) is 0 Å². The molecule has 0 radical (unpaired) electrons. The van der Waals surface area contributed by atoms with E-state index in [1.807, 2.05) is 19.1 Å². The monoisotopic (exact) mass is 518 g/mol. The van der Waals surface area contributed by atoms with Crippen LogP contribution in [0.15, 0.2) is 41.4 Å². The molecule has 0 spiro atoms. The molecule has 2 aromatic rings. The minimum absolute atomic E-state index is 0.0339. The van der Waals surface area contributed by atoms with Crippen molar-refractivity contribution in [2.75, 3.05) is 31.6 Å². The van der Waals surface area contributed by atoms with E-state index < -0.39 is 16.1 Å². The third kappa shape index (κ3) is 5.31. The van der Waals surface area contributed by atoms with Crippen molar-refractivity contribution < 1.29 is 32.2 Å². The number of hydrogen-bond donors (Lipinski definition) is 1. The molecule has 1 aromatic heterocycles. The molecule has 3 aliphatic rings. The Bertz CT molecular complexity index is 1190. The van der Waals surface area contributed by atoms with Gasteiger partial charge in [0.2, 0.25) is 21.9 Å². The van der Waals surface area contributed by atoms with Crippen molar-refractivity contribution in [2.45, 2.75) is 62.0 Å². The zero-order valence-corrected chi connectivity index (χ0v) is 21.0. The van der Waals surface area contributed by atoms with E-state index in [-0.39, 0.29) is 36.9 Å². The first-order chi connectivity index (χ1) is 17.3. The summed E-state index contributed by atoms with van der Waals surface area (Å²) in [6.07, 6.45) is 1.33. The van der Waals surface area contributed by atoms with E-state index in [2.05, 4.69) is 15.3 Å². The van der Waals surface area contributed by atoms with Crippen LogP contribution in [0.2, 0.25) is 0 Å². The Labute approximate surface area is 210 Å². The normalized spacial score (nSPS) is 26.9. The van der Waals surface area contributed by atoms with Crippen molar-refractivity contribution in [1.82, 2.24) is 14.3 Å². The summed E-state index contributed by atoms with van der Waals surface area (Å²) >= 11 is 0. The first-order valence-corrected chi connectivity index (χ1v) is 13.5. The molecule has 1 N–H and O–H groups in total. The fourth-order valence-corrected chi connectivity index (χ4v) is 6.23. The highest BCUT2D eigenvalue weighted by Gasteiger charge is 2.50. The summed E-state index contributed by atoms with van der Waals surface area (Å²) in [7, 11) is -3.51. The molecule has 4 heterocycles. The van der Waals surface area contributed by atoms with Gasteiger partial charge in [-0.3, -0.25) is 4.79 Å². The summed E-state index contributed by atoms with van der Waals surface area (Å²) in [4.78, 5) is 20.4. The summed E-state index contributed by atoms with van der Waals surface area (Å²) in [5, 5.41) is 3.30. The van der Waals surface area contributed by atoms with Gasteiger partial charge in [-0.15, -0.1) is 0 Å². The molecule has 1 aromatic carbocycles. The van der Waals surface area contributed by atoms with Gasteiger partial charge in [0, 0.05) is 38.3 Å². The summed E-state index contributed by atoms with van der Waals surface area (Å²) in [6.45, 7) is 4.67. The molecule has 194 valence electrons. The number of aryl methyl sites for hydroxylation is 1. The number of piperidine rings is 1. The van der Waals surface area contributed by atoms with Crippen LogP contribution in [0.1, 0.15) is 25.3 Å². The maximum Gasteiger partial charge on any atom is 0.303 e. The molecule has 36 heavy (non-hydrogen) atoms. The lowest BCUT2D eigenvalue weighted by atomic mass is 10.1. The number of aromatic nitrogens is 2. The largest absolute Gasteiger partial charge is 0.469 e. The maximum atomic E-state index is 12.9. The van der Waals surface area contributed by atoms with Gasteiger partial charge in [0.25, 0.3) is 0 Å². The van der Waals surface area contributed by atoms with Crippen LogP contribution in [0.4, 0.5) is 5.95 Å². The van der Waals surface area contributed by atoms with E-state index in [9.17, 15) is 13.2 Å². The number of sulfonamides is 1. The number of ether oxygens (including phenoxy) is 4. The number of anilines is 1. The first kappa shape index (κ1) is 24.9. The van der Waals surface area contributed by atoms with Crippen molar-refractivity contribution >= 4 is 21.9 Å². The summed E-state index contributed by atoms with van der Waals surface area (Å²) in [6, 6.07) is 8.61. The number of rotatable bonds is 7. The molecule has 3 saturated heterocycles. The number of carbonyl (C=O) groups is 1. The van der Waals surface area contributed by atoms with Crippen molar-refractivity contribution in [3.8, 4) is 5.88 Å². The molecule has 3 aliphatic heterocycles. The van der Waals surface area contributed by atoms with Gasteiger partial charge in [0.1, 0.15) is 12.2 Å². The summed E-state index contributed by atoms with van der Waals surface area (Å²) < 4.78 is 50.2. The fourth-order valence-electron chi connectivity index (χ4n) is 4.76. The Morgan fingerprint density at radius 1 is 1.06 bits per heavy atom. The average Bonchev–Trinajstić information content (AvgIpc) is 3.43. The van der Waals surface area contributed by atoms with Crippen LogP contribution in [0.5, 0.6) is 5.88 Å². The molecule has 5 rings (SSSR count). The Kier molecular flexibility index (Phi) is 7.11. The Balaban J connectivity index is 1.15. The van der Waals surface area contributed by atoms with Crippen LogP contribution >= 0.6 is 0 Å². The van der Waals surface area contributed by atoms with Crippen LogP contribution in [0.25, 0.3) is 0 Å². The standard InChI is InChI=1S/C24H30N4O7S/c1-15-3-5-18(6-4-15)36(30,31)28-11-8-17(9-12-28)26-24-25-10-7-21(27-24)35-20-14-33-22-19(34-16(2)29)13-32-23(20)22/h3-7,10,17,19-20,22-23H,8-9,11-14H2,1-2H3,(H,25,26,27)/t19-,20-,22?,23+/m0/s1. The number of hydrogen-bond acceptors (Lipinski definition) is 10. The molecular weight excluding hydrogens is 488 g/mol. The molecule has 0 bridgehead atoms. The number of nitrogens with one attached hydrogen (secondary N) is 1. The van der Waals surface area contributed by atoms with Gasteiger partial charge in [-0.2, -0.15) is 9.29 Å². The molecule has 11 nitrogen and oxygen atoms in total. The number of benzene rings is 1. The van der Waals surface area contributed by atoms with Gasteiger partial charge in [-0.05, 0) is 31.9 Å². The lowest BCUT2D eigenvalue weighted by Crippen LogP contribution is -2.42. The smallest absolute Gasteiger partial charge is 0.303 e. The minimum atomic E-state index is -3.51. The van der Waals surface area contributed by atoms with Crippen molar-refractivity contribution in [2.24, 2.45) is 0 Å². The van der Waals surface area contributed by atoms with E-state index in [1.54, 1.807) is 24.4 Å². The van der Waals surface area contributed by atoms with Gasteiger partial charge in [0.15, 0.2) is 12.2 Å². The Morgan fingerprint density at radius 3 is 2.42 bits per heavy atom. The highest BCUT2D eigenvalue weighted by Crippen LogP contribution is 2.31. The van der Waals surface area contributed by atoms with Crippen LogP contribution in [-0.4, -0.2) is 85.4 Å². The van der Waals surface area contributed by atoms with Crippen LogP contribution in [-0.2, 0) is 29.0 Å². The van der Waals surface area contributed by atoms with E-state index in [4.69, 9.17) is 18.9 Å². The van der Waals surface area contributed by atoms with E-state index >= 15 is 0 Å². The Hall–Kier alpha value is -2.80. The molecule has 0 amide bonds. The zero-order chi connectivity index (χ0) is 25.3. The van der Waals surface area contributed by atoms with Crippen molar-refractivity contribution in [3.05, 3.63) is 42.1 Å². The number of nitrogens with zero attached hydrogens (tertiary/aromatic N) is 3. The van der Waals surface area contributed by atoms with Gasteiger partial charge < -0.3 is 24.3 Å². The summed E-state index contributed by atoms with van der Waals surface area (Å²) in [5.41, 5.74) is 1.02. The lowest BCUT2D eigenvalue weighted by Gasteiger charge is -2.31. The second kappa shape index (κ2) is 10.3. The second-order valence-electron chi connectivity index (χ2n) is 9.25. The SMILES string of the molecule is CC(=O)O[C@H]1CO[C@H]2C1OC[C@@H]2Oc1ccnc(NC2CCN(S(=O)(=O)c3ccc(C)cc3)CC2)n1. The molecule has 4 atom stereocenters. The Morgan fingerprint density at radius 2 is 1.72 bits per heavy atom. The first-order valence-electron chi connectivity index (χ1n) is 12.0. The molecular formula is C24H30N4O7S. The molecule has 0 saturated carbocycles. The quantitative estimate of drug-likeness (QED) is 0.539. The minimum Gasteiger partial charge on any atom is -0.469 e. The fraction of sp³-hybridized carbons (Fsp3) is 0.542. The van der Waals surface area contributed by atoms with Gasteiger partial charge in [0.05, 0.1) is 18.1 Å². The third-order valence-electron chi connectivity index (χ3n) is 6.63. The maximum absolute atomic E-state index is 12.9. The lowest BCUT2D eigenvalue weighted by molar-refractivity contribution is -0.150. The van der Waals surface area contributed by atoms with Gasteiger partial charge in [-0.1, -0.05) is 17.7 Å². The second-order valence-corrected chi connectivity index (χ2v) is 11.2. The van der Waals surface area contributed by atoms with Crippen molar-refractivity contribution in [1.29, 1.82) is 0 Å². The molecule has 0 aliphatic carbocycles. The van der Waals surface area contributed by atoms with E-state index in [0.29, 0.717) is 49.3 Å². The van der Waals surface area contributed by atoms with E-state index in [1.165, 1.54) is 11.2 Å². The predicted molar refractivity (Wildman–Crippen MR) is 128 cm³/mol. The molecule has 1 unspecified atom stereocenters. The number of esters is 1. The van der Waals surface area contributed by atoms with Crippen LogP contribution in [0, 0.1) is 6.92 Å².